The van der Waals surface area contributed by atoms with E-state index in [1.807, 2.05) is 0 Å². The summed E-state index contributed by atoms with van der Waals surface area (Å²) in [7, 11) is 0. The molecular weight excluding hydrogens is 216 g/mol. The standard InChI is InChI=1S/C13H28N2S/c1-9(2)12-7-14(16)8-13(10(3)4)15(12)11(5)6/h9-13,16H,7-8H2,1-6H3. The Labute approximate surface area is 107 Å². The lowest BCUT2D eigenvalue weighted by atomic mass is 9.91. The number of nitrogens with zero attached hydrogens (tertiary/aromatic N) is 2. The first-order chi connectivity index (χ1) is 7.34. The summed E-state index contributed by atoms with van der Waals surface area (Å²) >= 11 is 4.58. The first kappa shape index (κ1) is 14.3. The molecule has 1 saturated heterocycles. The van der Waals surface area contributed by atoms with Crippen LogP contribution in [0.5, 0.6) is 0 Å². The van der Waals surface area contributed by atoms with Crippen molar-refractivity contribution in [3.8, 4) is 0 Å². The smallest absolute Gasteiger partial charge is 0.0261 e. The van der Waals surface area contributed by atoms with Crippen molar-refractivity contribution in [1.82, 2.24) is 9.21 Å². The molecule has 0 bridgehead atoms. The third-order valence-electron chi connectivity index (χ3n) is 3.70. The largest absolute Gasteiger partial charge is 0.292 e. The quantitative estimate of drug-likeness (QED) is 0.763. The van der Waals surface area contributed by atoms with Gasteiger partial charge in [-0.1, -0.05) is 40.5 Å². The predicted molar refractivity (Wildman–Crippen MR) is 74.8 cm³/mol. The van der Waals surface area contributed by atoms with Crippen molar-refractivity contribution >= 4 is 12.8 Å². The molecule has 96 valence electrons. The van der Waals surface area contributed by atoms with Crippen molar-refractivity contribution in [1.29, 1.82) is 0 Å². The van der Waals surface area contributed by atoms with Gasteiger partial charge in [-0.2, -0.15) is 0 Å². The molecule has 0 N–H and O–H groups in total. The monoisotopic (exact) mass is 244 g/mol. The maximum atomic E-state index is 4.58. The van der Waals surface area contributed by atoms with Crippen molar-refractivity contribution < 1.29 is 0 Å². The van der Waals surface area contributed by atoms with Gasteiger partial charge in [-0.3, -0.25) is 9.21 Å². The minimum atomic E-state index is 0.627. The van der Waals surface area contributed by atoms with Gasteiger partial charge in [0.05, 0.1) is 0 Å². The van der Waals surface area contributed by atoms with Crippen LogP contribution in [0.4, 0.5) is 0 Å². The van der Waals surface area contributed by atoms with E-state index in [0.717, 1.165) is 13.1 Å². The molecule has 1 aliphatic heterocycles. The minimum absolute atomic E-state index is 0.627. The second-order valence-electron chi connectivity index (χ2n) is 6.04. The highest BCUT2D eigenvalue weighted by molar-refractivity contribution is 7.77. The fraction of sp³-hybridized carbons (Fsp3) is 1.00. The number of hydrogen-bond donors (Lipinski definition) is 1. The van der Waals surface area contributed by atoms with Crippen LogP contribution in [0.1, 0.15) is 41.5 Å². The highest BCUT2D eigenvalue weighted by Gasteiger charge is 2.37. The maximum absolute atomic E-state index is 4.58. The average molecular weight is 244 g/mol. The predicted octanol–water partition coefficient (Wildman–Crippen LogP) is 2.91. The minimum Gasteiger partial charge on any atom is -0.292 e. The Morgan fingerprint density at radius 1 is 0.875 bits per heavy atom. The van der Waals surface area contributed by atoms with Crippen molar-refractivity contribution in [2.75, 3.05) is 13.1 Å². The Bertz CT molecular complexity index is 198. The van der Waals surface area contributed by atoms with Crippen LogP contribution in [0.15, 0.2) is 0 Å². The topological polar surface area (TPSA) is 6.48 Å². The molecule has 0 aliphatic carbocycles. The van der Waals surface area contributed by atoms with Crippen LogP contribution in [-0.2, 0) is 0 Å². The van der Waals surface area contributed by atoms with Crippen molar-refractivity contribution in [2.45, 2.75) is 59.7 Å². The summed E-state index contributed by atoms with van der Waals surface area (Å²) in [6.45, 7) is 16.1. The highest BCUT2D eigenvalue weighted by atomic mass is 32.1. The Hall–Kier alpha value is 0.270. The molecule has 2 unspecified atom stereocenters. The van der Waals surface area contributed by atoms with Crippen LogP contribution < -0.4 is 0 Å². The van der Waals surface area contributed by atoms with Crippen LogP contribution in [0.3, 0.4) is 0 Å². The summed E-state index contributed by atoms with van der Waals surface area (Å²) in [6, 6.07) is 1.90. The van der Waals surface area contributed by atoms with Gasteiger partial charge in [0, 0.05) is 31.2 Å². The summed E-state index contributed by atoms with van der Waals surface area (Å²) in [4.78, 5) is 2.71. The number of thiol groups is 1. The van der Waals surface area contributed by atoms with Gasteiger partial charge in [-0.05, 0) is 25.7 Å². The Kier molecular flexibility index (Phi) is 5.14. The molecule has 1 fully saturated rings. The van der Waals surface area contributed by atoms with Crippen molar-refractivity contribution in [3.63, 3.8) is 0 Å². The van der Waals surface area contributed by atoms with Gasteiger partial charge >= 0.3 is 0 Å². The summed E-state index contributed by atoms with van der Waals surface area (Å²) in [6.07, 6.45) is 0. The summed E-state index contributed by atoms with van der Waals surface area (Å²) < 4.78 is 2.20. The highest BCUT2D eigenvalue weighted by Crippen LogP contribution is 2.28. The molecule has 0 saturated carbocycles. The second kappa shape index (κ2) is 5.74. The van der Waals surface area contributed by atoms with Gasteiger partial charge in [0.2, 0.25) is 0 Å². The Morgan fingerprint density at radius 3 is 1.50 bits per heavy atom. The van der Waals surface area contributed by atoms with Crippen LogP contribution in [0.2, 0.25) is 0 Å². The molecule has 2 nitrogen and oxygen atoms in total. The fourth-order valence-electron chi connectivity index (χ4n) is 2.82. The lowest BCUT2D eigenvalue weighted by Crippen LogP contribution is -2.62. The van der Waals surface area contributed by atoms with Crippen LogP contribution in [-0.4, -0.2) is 40.4 Å². The number of piperazine rings is 1. The molecule has 2 atom stereocenters. The molecule has 0 aromatic rings. The lowest BCUT2D eigenvalue weighted by Gasteiger charge is -2.50. The zero-order valence-electron chi connectivity index (χ0n) is 11.6. The molecule has 0 amide bonds. The van der Waals surface area contributed by atoms with Gasteiger partial charge in [-0.25, -0.2) is 0 Å². The van der Waals surface area contributed by atoms with E-state index in [-0.39, 0.29) is 0 Å². The molecule has 0 aromatic carbocycles. The van der Waals surface area contributed by atoms with E-state index >= 15 is 0 Å². The van der Waals surface area contributed by atoms with E-state index in [1.165, 1.54) is 0 Å². The first-order valence-electron chi connectivity index (χ1n) is 6.55. The summed E-state index contributed by atoms with van der Waals surface area (Å²) in [5.41, 5.74) is 0. The van der Waals surface area contributed by atoms with E-state index in [9.17, 15) is 0 Å². The van der Waals surface area contributed by atoms with Crippen LogP contribution in [0.25, 0.3) is 0 Å². The number of hydrogen-bond acceptors (Lipinski definition) is 3. The van der Waals surface area contributed by atoms with Crippen molar-refractivity contribution in [3.05, 3.63) is 0 Å². The van der Waals surface area contributed by atoms with Gasteiger partial charge in [-0.15, -0.1) is 0 Å². The zero-order valence-corrected chi connectivity index (χ0v) is 12.5. The maximum Gasteiger partial charge on any atom is 0.0261 e. The lowest BCUT2D eigenvalue weighted by molar-refractivity contribution is -0.00589. The van der Waals surface area contributed by atoms with E-state index in [4.69, 9.17) is 0 Å². The van der Waals surface area contributed by atoms with Gasteiger partial charge in [0.25, 0.3) is 0 Å². The van der Waals surface area contributed by atoms with Crippen LogP contribution in [0, 0.1) is 11.8 Å². The molecule has 1 heterocycles. The van der Waals surface area contributed by atoms with Gasteiger partial charge in [0.15, 0.2) is 0 Å². The van der Waals surface area contributed by atoms with E-state index < -0.39 is 0 Å². The second-order valence-corrected chi connectivity index (χ2v) is 6.60. The molecule has 0 aromatic heterocycles. The van der Waals surface area contributed by atoms with E-state index in [2.05, 4.69) is 63.6 Å². The molecule has 3 heteroatoms. The normalized spacial score (nSPS) is 29.6. The van der Waals surface area contributed by atoms with E-state index in [0.29, 0.717) is 30.0 Å². The fourth-order valence-corrected chi connectivity index (χ4v) is 3.15. The third kappa shape index (κ3) is 3.14. The van der Waals surface area contributed by atoms with Crippen LogP contribution >= 0.6 is 12.8 Å². The van der Waals surface area contributed by atoms with Gasteiger partial charge < -0.3 is 0 Å². The van der Waals surface area contributed by atoms with E-state index in [1.54, 1.807) is 0 Å². The van der Waals surface area contributed by atoms with Gasteiger partial charge in [0.1, 0.15) is 0 Å². The average Bonchev–Trinajstić information content (AvgIpc) is 2.15. The molecule has 1 rings (SSSR count). The SMILES string of the molecule is CC(C)C1CN(S)CC(C(C)C)N1C(C)C. The first-order valence-corrected chi connectivity index (χ1v) is 6.95. The zero-order chi connectivity index (χ0) is 12.5. The summed E-state index contributed by atoms with van der Waals surface area (Å²) in [5.74, 6) is 1.39. The summed E-state index contributed by atoms with van der Waals surface area (Å²) in [5, 5.41) is 0. The molecule has 0 radical (unpaired) electrons. The molecule has 16 heavy (non-hydrogen) atoms. The Morgan fingerprint density at radius 2 is 1.25 bits per heavy atom. The third-order valence-corrected chi connectivity index (χ3v) is 4.02. The molecular formula is C13H28N2S. The molecule has 1 aliphatic rings. The molecule has 0 spiro atoms. The van der Waals surface area contributed by atoms with Crippen molar-refractivity contribution in [2.24, 2.45) is 11.8 Å². The number of rotatable bonds is 3. The Balaban J connectivity index is 2.89.